The predicted molar refractivity (Wildman–Crippen MR) is 506 cm³/mol. The van der Waals surface area contributed by atoms with Crippen LogP contribution in [0.5, 0.6) is 0 Å². The number of carbonyl (C=O) groups excluding carboxylic acids is 20. The van der Waals surface area contributed by atoms with E-state index in [1.165, 1.54) is 20.8 Å². The van der Waals surface area contributed by atoms with Crippen molar-refractivity contribution in [2.75, 3.05) is 72.1 Å². The number of primary amides is 2. The van der Waals surface area contributed by atoms with Crippen LogP contribution in [0.25, 0.3) is 0 Å². The van der Waals surface area contributed by atoms with Crippen LogP contribution in [0.3, 0.4) is 0 Å². The number of guanidine groups is 2. The number of nitrogens with one attached hydrogen (secondary N) is 21. The Hall–Kier alpha value is -12.9. The minimum absolute atomic E-state index is 0.00184. The molecule has 57 heteroatoms. The number of carbonyl (C=O) groups is 21. The van der Waals surface area contributed by atoms with Crippen molar-refractivity contribution in [1.82, 2.24) is 106 Å². The quantitative estimate of drug-likeness (QED) is 0.0153. The number of hydrogen-bond donors (Lipinski definition) is 35. The molecule has 0 aromatic carbocycles. The molecule has 1 saturated heterocycles. The van der Waals surface area contributed by atoms with Gasteiger partial charge in [-0.15, -0.1) is 0 Å². The molecule has 57 nitrogen and oxygen atoms in total. The Morgan fingerprint density at radius 3 is 1.11 bits per heavy atom. The predicted octanol–water partition coefficient (Wildman–Crippen LogP) is -14.7. The number of aliphatic hydroxyl groups excluding tert-OH is 4. The van der Waals surface area contributed by atoms with E-state index < -0.39 is 290 Å². The summed E-state index contributed by atoms with van der Waals surface area (Å²) in [7, 11) is 0. The summed E-state index contributed by atoms with van der Waals surface area (Å²) < 4.78 is 0. The van der Waals surface area contributed by atoms with Crippen molar-refractivity contribution in [2.45, 2.75) is 311 Å². The third kappa shape index (κ3) is 50.1. The lowest BCUT2D eigenvalue weighted by atomic mass is 10.0. The molecule has 1 heterocycles. The standard InChI is InChI=1S/C84H153N31O26/c1-42(2)37-56(75(133)100-43(3)67(125)111-57(40-116)76(134)109-55(82(140)141)22-11-15-33-88)110-74(132)54(27-29-61(91)121)107-70(128)50(20-9-13-31-86)105-72(130)53(24-17-35-97-84(94)95)108-78(136)59-25-18-36-115(59)81(139)45(5)102-69(127)49(19-8-12-30-85)103-63(123)39-98-62(122)38-99-79(137)64(46(6)118)114-77(135)58(41-117)112-73(131)51(21-10-14-32-87)106-71(129)52(23-16-34-96-83(92)93)104-66(124)44(4)101-80(138)65(47(7)119)113-68(126)48(89)26-28-60(90)120/h42-59,64-65,116-119H,8-41,85-89H2,1-7H3,(H2,90,120)(H2,91,121)(H,98,122)(H,99,137)(H,100,133)(H,101,138)(H,102,127)(H,103,123)(H,104,124)(H,105,130)(H,106,129)(H,107,128)(H,108,136)(H,109,134)(H,110,132)(H,111,125)(H,112,131)(H,113,126)(H,114,135)(H,140,141)(H4,92,93,96)(H4,94,95,97)/t43-,44-,45-,46+,47+,48-,49-,50-,51-,52-,53-,54-,55-,56-,57-,58-,59-,64-,65-/m0/s1. The average Bonchev–Trinajstić information content (AvgIpc) is 1.69. The van der Waals surface area contributed by atoms with Crippen LogP contribution in [0, 0.1) is 16.7 Å². The highest BCUT2D eigenvalue weighted by Crippen LogP contribution is 2.21. The van der Waals surface area contributed by atoms with E-state index >= 15 is 0 Å². The maximum absolute atomic E-state index is 14.6. The first-order valence-electron chi connectivity index (χ1n) is 46.9. The third-order valence-electron chi connectivity index (χ3n) is 21.9. The fraction of sp³-hybridized carbons (Fsp3) is 0.726. The topological polar surface area (TPSA) is 973 Å². The summed E-state index contributed by atoms with van der Waals surface area (Å²) in [6.07, 6.45) is -2.86. The number of rotatable bonds is 72. The number of amides is 20. The van der Waals surface area contributed by atoms with Gasteiger partial charge < -0.3 is 183 Å². The van der Waals surface area contributed by atoms with Crippen molar-refractivity contribution in [3.63, 3.8) is 0 Å². The van der Waals surface area contributed by atoms with Gasteiger partial charge >= 0.3 is 5.97 Å². The molecule has 1 rings (SSSR count). The largest absolute Gasteiger partial charge is 0.480 e. The van der Waals surface area contributed by atoms with E-state index in [4.69, 9.17) is 62.4 Å². The van der Waals surface area contributed by atoms with E-state index in [1.54, 1.807) is 13.8 Å². The molecule has 19 atom stereocenters. The Balaban J connectivity index is 3.39. The normalized spacial score (nSPS) is 16.0. The average molecular weight is 2010 g/mol. The van der Waals surface area contributed by atoms with E-state index in [0.717, 1.165) is 18.7 Å². The second-order valence-electron chi connectivity index (χ2n) is 34.6. The van der Waals surface area contributed by atoms with Gasteiger partial charge in [-0.25, -0.2) is 4.79 Å². The van der Waals surface area contributed by atoms with Crippen LogP contribution < -0.4 is 153 Å². The number of carboxylic acid groups (broad SMARTS) is 1. The summed E-state index contributed by atoms with van der Waals surface area (Å²) in [5.74, 6) is -22.3. The smallest absolute Gasteiger partial charge is 0.326 e. The van der Waals surface area contributed by atoms with Crippen LogP contribution in [0.15, 0.2) is 0 Å². The van der Waals surface area contributed by atoms with Gasteiger partial charge in [0.1, 0.15) is 96.7 Å². The molecule has 1 aliphatic rings. The van der Waals surface area contributed by atoms with E-state index in [-0.39, 0.29) is 154 Å². The van der Waals surface area contributed by atoms with Crippen LogP contribution in [-0.2, 0) is 101 Å². The van der Waals surface area contributed by atoms with E-state index in [2.05, 4.69) is 101 Å². The van der Waals surface area contributed by atoms with Crippen LogP contribution in [-0.4, -0.2) is 354 Å². The van der Waals surface area contributed by atoms with Gasteiger partial charge in [0, 0.05) is 32.5 Å². The second-order valence-corrected chi connectivity index (χ2v) is 34.6. The molecule has 0 unspecified atom stereocenters. The van der Waals surface area contributed by atoms with Gasteiger partial charge in [-0.1, -0.05) is 13.8 Å². The molecule has 141 heavy (non-hydrogen) atoms. The monoisotopic (exact) mass is 2010 g/mol. The number of carboxylic acids is 1. The Morgan fingerprint density at radius 1 is 0.348 bits per heavy atom. The molecule has 0 aliphatic carbocycles. The molecule has 0 bridgehead atoms. The lowest BCUT2D eigenvalue weighted by molar-refractivity contribution is -0.143. The summed E-state index contributed by atoms with van der Waals surface area (Å²) in [4.78, 5) is 285. The minimum atomic E-state index is -1.91. The number of hydrogen-bond acceptors (Lipinski definition) is 32. The zero-order chi connectivity index (χ0) is 107. The van der Waals surface area contributed by atoms with Crippen LogP contribution >= 0.6 is 0 Å². The molecule has 1 fully saturated rings. The van der Waals surface area contributed by atoms with Gasteiger partial charge in [0.2, 0.25) is 118 Å². The maximum Gasteiger partial charge on any atom is 0.326 e. The third-order valence-corrected chi connectivity index (χ3v) is 21.9. The van der Waals surface area contributed by atoms with Gasteiger partial charge in [0.05, 0.1) is 44.6 Å². The van der Waals surface area contributed by atoms with Gasteiger partial charge in [-0.2, -0.15) is 0 Å². The number of nitrogens with two attached hydrogens (primary N) is 9. The van der Waals surface area contributed by atoms with Gasteiger partial charge in [-0.3, -0.25) is 107 Å². The fourth-order valence-electron chi connectivity index (χ4n) is 14.0. The van der Waals surface area contributed by atoms with E-state index in [0.29, 0.717) is 32.1 Å². The van der Waals surface area contributed by atoms with Gasteiger partial charge in [0.15, 0.2) is 11.9 Å². The molecular weight excluding hydrogens is 1860 g/mol. The first-order valence-corrected chi connectivity index (χ1v) is 46.9. The van der Waals surface area contributed by atoms with E-state index in [9.17, 15) is 126 Å². The summed E-state index contributed by atoms with van der Waals surface area (Å²) in [6.45, 7) is 6.06. The molecule has 44 N–H and O–H groups in total. The summed E-state index contributed by atoms with van der Waals surface area (Å²) in [6, 6.07) is -26.0. The zero-order valence-electron chi connectivity index (χ0n) is 81.0. The lowest BCUT2D eigenvalue weighted by Gasteiger charge is -2.30. The van der Waals surface area contributed by atoms with Crippen molar-refractivity contribution < 1.29 is 126 Å². The number of aliphatic hydroxyl groups is 4. The highest BCUT2D eigenvalue weighted by molar-refractivity contribution is 6.02. The van der Waals surface area contributed by atoms with Crippen molar-refractivity contribution in [3.05, 3.63) is 0 Å². The molecule has 800 valence electrons. The van der Waals surface area contributed by atoms with E-state index in [1.807, 2.05) is 0 Å². The first-order chi connectivity index (χ1) is 66.4. The van der Waals surface area contributed by atoms with Crippen molar-refractivity contribution >= 4 is 136 Å². The minimum Gasteiger partial charge on any atom is -0.480 e. The Morgan fingerprint density at radius 2 is 0.681 bits per heavy atom. The second kappa shape index (κ2) is 68.2. The molecule has 0 aromatic rings. The van der Waals surface area contributed by atoms with Crippen molar-refractivity contribution in [3.8, 4) is 0 Å². The van der Waals surface area contributed by atoms with Crippen LogP contribution in [0.4, 0.5) is 0 Å². The van der Waals surface area contributed by atoms with Crippen LogP contribution in [0.1, 0.15) is 196 Å². The summed E-state index contributed by atoms with van der Waals surface area (Å²) in [5, 5.41) is 112. The summed E-state index contributed by atoms with van der Waals surface area (Å²) in [5.41, 5.74) is 50.2. The molecule has 0 saturated carbocycles. The zero-order valence-corrected chi connectivity index (χ0v) is 81.0. The summed E-state index contributed by atoms with van der Waals surface area (Å²) >= 11 is 0. The number of likely N-dealkylation sites (tertiary alicyclic amines) is 1. The number of aliphatic carboxylic acids is 1. The molecule has 0 radical (unpaired) electrons. The Bertz CT molecular complexity index is 4150. The number of nitrogens with zero attached hydrogens (tertiary/aromatic N) is 1. The molecule has 20 amide bonds. The SMILES string of the molecule is CC(C)C[C@H](NC(=O)[C@H](CCC(N)=O)NC(=O)[C@H](CCCCN)NC(=O)[C@H](CCCNC(=N)N)NC(=O)[C@@H]1CCCN1C(=O)[C@H](C)NC(=O)[C@H](CCCCN)NC(=O)CNC(=O)CNC(=O)[C@@H](NC(=O)[C@H](CO)NC(=O)[C@H](CCCCN)NC(=O)[C@H](CCCNC(=N)N)NC(=O)[C@H](C)NC(=O)[C@@H](NC(=O)[C@@H](N)CCC(N)=O)[C@@H](C)O)[C@@H](C)O)C(=O)N[C@@H](C)C(=O)N[C@@H](CO)C(=O)N[C@@H](CCCCN)C(=O)O. The first kappa shape index (κ1) is 126. The molecular formula is C84H153N31O26. The molecule has 1 aliphatic heterocycles. The van der Waals surface area contributed by atoms with Crippen LogP contribution in [0.2, 0.25) is 0 Å². The Labute approximate surface area is 816 Å². The lowest BCUT2D eigenvalue weighted by Crippen LogP contribution is -2.61. The molecule has 0 aromatic heterocycles. The van der Waals surface area contributed by atoms with Crippen molar-refractivity contribution in [2.24, 2.45) is 57.5 Å². The highest BCUT2D eigenvalue weighted by atomic mass is 16.4. The maximum atomic E-state index is 14.6. The van der Waals surface area contributed by atoms with Crippen molar-refractivity contribution in [1.29, 1.82) is 10.8 Å². The highest BCUT2D eigenvalue weighted by Gasteiger charge is 2.42. The van der Waals surface area contributed by atoms with Gasteiger partial charge in [-0.05, 0) is 202 Å². The molecule has 0 spiro atoms. The number of unbranched alkanes of at least 4 members (excludes halogenated alkanes) is 4. The van der Waals surface area contributed by atoms with Gasteiger partial charge in [0.25, 0.3) is 0 Å². The fourth-order valence-corrected chi connectivity index (χ4v) is 14.0. The Kier molecular flexibility index (Phi) is 61.0.